The third-order valence-corrected chi connectivity index (χ3v) is 6.26. The quantitative estimate of drug-likeness (QED) is 0.774. The van der Waals surface area contributed by atoms with Crippen molar-refractivity contribution >= 4 is 21.7 Å². The summed E-state index contributed by atoms with van der Waals surface area (Å²) in [6.07, 6.45) is 3.91. The topological polar surface area (TPSA) is 102 Å². The molecular weight excluding hydrogens is 370 g/mol. The van der Waals surface area contributed by atoms with Gasteiger partial charge in [-0.15, -0.1) is 0 Å². The number of hydrogen-bond acceptors (Lipinski definition) is 5. The Morgan fingerprint density at radius 3 is 2.81 bits per heavy atom. The van der Waals surface area contributed by atoms with Gasteiger partial charge in [-0.25, -0.2) is 4.98 Å². The Morgan fingerprint density at radius 2 is 2.15 bits per heavy atom. The zero-order chi connectivity index (χ0) is 19.6. The first-order chi connectivity index (χ1) is 12.8. The van der Waals surface area contributed by atoms with E-state index in [0.29, 0.717) is 11.4 Å². The van der Waals surface area contributed by atoms with E-state index in [1.54, 1.807) is 24.4 Å². The number of aryl methyl sites for hydroxylation is 3. The minimum Gasteiger partial charge on any atom is -0.495 e. The number of benzene rings is 1. The van der Waals surface area contributed by atoms with Crippen molar-refractivity contribution in [3.8, 4) is 5.75 Å². The SMILES string of the molecule is COc1ccc(C)cc1N(CCC(=O)O)S(=O)(=O)c1cn2c(n1)CCCC2. The molecule has 0 amide bonds. The first kappa shape index (κ1) is 19.2. The van der Waals surface area contributed by atoms with E-state index in [-0.39, 0.29) is 18.0 Å². The predicted octanol–water partition coefficient (Wildman–Crippen LogP) is 2.21. The van der Waals surface area contributed by atoms with Crippen LogP contribution in [0.2, 0.25) is 0 Å². The van der Waals surface area contributed by atoms with E-state index < -0.39 is 16.0 Å². The van der Waals surface area contributed by atoms with E-state index in [9.17, 15) is 13.2 Å². The van der Waals surface area contributed by atoms with Gasteiger partial charge in [-0.05, 0) is 37.5 Å². The van der Waals surface area contributed by atoms with E-state index in [1.807, 2.05) is 11.5 Å². The van der Waals surface area contributed by atoms with Crippen LogP contribution in [0, 0.1) is 6.92 Å². The highest BCUT2D eigenvalue weighted by atomic mass is 32.2. The number of sulfonamides is 1. The Kier molecular flexibility index (Phi) is 5.41. The molecule has 0 fully saturated rings. The fraction of sp³-hybridized carbons (Fsp3) is 0.444. The van der Waals surface area contributed by atoms with Crippen molar-refractivity contribution in [2.45, 2.75) is 44.2 Å². The van der Waals surface area contributed by atoms with Crippen molar-refractivity contribution in [1.29, 1.82) is 0 Å². The summed E-state index contributed by atoms with van der Waals surface area (Å²) in [5.41, 5.74) is 1.15. The van der Waals surface area contributed by atoms with Crippen molar-refractivity contribution in [2.75, 3.05) is 18.0 Å². The van der Waals surface area contributed by atoms with Crippen LogP contribution < -0.4 is 9.04 Å². The summed E-state index contributed by atoms with van der Waals surface area (Å²) in [6, 6.07) is 5.15. The highest BCUT2D eigenvalue weighted by molar-refractivity contribution is 7.92. The maximum atomic E-state index is 13.3. The van der Waals surface area contributed by atoms with Gasteiger partial charge in [0.25, 0.3) is 10.0 Å². The molecule has 1 aliphatic heterocycles. The highest BCUT2D eigenvalue weighted by Gasteiger charge is 2.31. The summed E-state index contributed by atoms with van der Waals surface area (Å²) in [6.45, 7) is 2.36. The number of carboxylic acids is 1. The monoisotopic (exact) mass is 393 g/mol. The van der Waals surface area contributed by atoms with Crippen LogP contribution in [0.3, 0.4) is 0 Å². The van der Waals surface area contributed by atoms with Crippen LogP contribution in [0.15, 0.2) is 29.4 Å². The number of imidazole rings is 1. The number of ether oxygens (including phenoxy) is 1. The predicted molar refractivity (Wildman–Crippen MR) is 99.7 cm³/mol. The fourth-order valence-corrected chi connectivity index (χ4v) is 4.63. The van der Waals surface area contributed by atoms with Crippen molar-refractivity contribution in [1.82, 2.24) is 9.55 Å². The first-order valence-corrected chi connectivity index (χ1v) is 10.2. The lowest BCUT2D eigenvalue weighted by molar-refractivity contribution is -0.136. The van der Waals surface area contributed by atoms with Crippen LogP contribution in [0.4, 0.5) is 5.69 Å². The van der Waals surface area contributed by atoms with Crippen LogP contribution in [-0.2, 0) is 27.8 Å². The van der Waals surface area contributed by atoms with Gasteiger partial charge in [0.15, 0.2) is 5.03 Å². The zero-order valence-electron chi connectivity index (χ0n) is 15.4. The largest absolute Gasteiger partial charge is 0.495 e. The molecule has 0 spiro atoms. The highest BCUT2D eigenvalue weighted by Crippen LogP contribution is 2.33. The van der Waals surface area contributed by atoms with E-state index in [0.717, 1.165) is 41.5 Å². The molecular formula is C18H23N3O5S. The molecule has 1 N–H and O–H groups in total. The molecule has 2 heterocycles. The second-order valence-electron chi connectivity index (χ2n) is 6.54. The molecule has 1 aliphatic rings. The molecule has 0 unspecified atom stereocenters. The molecule has 3 rings (SSSR count). The van der Waals surface area contributed by atoms with Crippen LogP contribution >= 0.6 is 0 Å². The molecule has 1 aromatic carbocycles. The number of methoxy groups -OCH3 is 1. The standard InChI is InChI=1S/C18H23N3O5S/c1-13-6-7-15(26-2)14(11-13)21(10-8-18(22)23)27(24,25)17-12-20-9-4-3-5-16(20)19-17/h6-7,11-12H,3-5,8-10H2,1-2H3,(H,22,23). The molecule has 8 nitrogen and oxygen atoms in total. The van der Waals surface area contributed by atoms with Crippen LogP contribution in [0.5, 0.6) is 5.75 Å². The molecule has 2 aromatic rings. The molecule has 0 radical (unpaired) electrons. The van der Waals surface area contributed by atoms with Crippen LogP contribution in [-0.4, -0.2) is 42.7 Å². The number of aromatic nitrogens is 2. The van der Waals surface area contributed by atoms with Gasteiger partial charge < -0.3 is 14.4 Å². The normalized spacial score (nSPS) is 13.9. The Balaban J connectivity index is 2.08. The van der Waals surface area contributed by atoms with Gasteiger partial charge in [-0.3, -0.25) is 9.10 Å². The summed E-state index contributed by atoms with van der Waals surface area (Å²) < 4.78 is 35.0. The molecule has 27 heavy (non-hydrogen) atoms. The minimum atomic E-state index is -4.04. The van der Waals surface area contributed by atoms with Gasteiger partial charge in [-0.2, -0.15) is 8.42 Å². The number of aliphatic carboxylic acids is 1. The molecule has 0 atom stereocenters. The number of nitrogens with zero attached hydrogens (tertiary/aromatic N) is 3. The van der Waals surface area contributed by atoms with Gasteiger partial charge in [0.2, 0.25) is 0 Å². The van der Waals surface area contributed by atoms with E-state index in [4.69, 9.17) is 9.84 Å². The summed E-state index contributed by atoms with van der Waals surface area (Å²) in [4.78, 5) is 15.4. The lowest BCUT2D eigenvalue weighted by Crippen LogP contribution is -2.33. The number of carboxylic acid groups (broad SMARTS) is 1. The third-order valence-electron chi connectivity index (χ3n) is 4.57. The average Bonchev–Trinajstić information content (AvgIpc) is 3.07. The number of fused-ring (bicyclic) bond motifs is 1. The van der Waals surface area contributed by atoms with Gasteiger partial charge in [0.05, 0.1) is 19.2 Å². The summed E-state index contributed by atoms with van der Waals surface area (Å²) in [5.74, 6) is 0.0266. The smallest absolute Gasteiger partial charge is 0.305 e. The number of anilines is 1. The third kappa shape index (κ3) is 3.92. The van der Waals surface area contributed by atoms with Gasteiger partial charge >= 0.3 is 5.97 Å². The molecule has 1 aromatic heterocycles. The van der Waals surface area contributed by atoms with Crippen LogP contribution in [0.1, 0.15) is 30.7 Å². The first-order valence-electron chi connectivity index (χ1n) is 8.78. The number of rotatable bonds is 7. The fourth-order valence-electron chi connectivity index (χ4n) is 3.19. The van der Waals surface area contributed by atoms with Crippen molar-refractivity contribution in [3.63, 3.8) is 0 Å². The Bertz CT molecular complexity index is 928. The Hall–Kier alpha value is -2.55. The van der Waals surface area contributed by atoms with Crippen LogP contribution in [0.25, 0.3) is 0 Å². The molecule has 9 heteroatoms. The van der Waals surface area contributed by atoms with Crippen molar-refractivity contribution in [3.05, 3.63) is 35.8 Å². The maximum Gasteiger partial charge on any atom is 0.305 e. The lowest BCUT2D eigenvalue weighted by atomic mass is 10.2. The summed E-state index contributed by atoms with van der Waals surface area (Å²) in [7, 11) is -2.59. The molecule has 0 saturated heterocycles. The molecule has 0 aliphatic carbocycles. The zero-order valence-corrected chi connectivity index (χ0v) is 16.2. The second-order valence-corrected chi connectivity index (χ2v) is 8.35. The van der Waals surface area contributed by atoms with E-state index >= 15 is 0 Å². The maximum absolute atomic E-state index is 13.3. The van der Waals surface area contributed by atoms with E-state index in [2.05, 4.69) is 4.98 Å². The van der Waals surface area contributed by atoms with Crippen molar-refractivity contribution < 1.29 is 23.1 Å². The van der Waals surface area contributed by atoms with Gasteiger partial charge in [-0.1, -0.05) is 6.07 Å². The van der Waals surface area contributed by atoms with Gasteiger partial charge in [0, 0.05) is 25.7 Å². The molecule has 146 valence electrons. The van der Waals surface area contributed by atoms with Crippen molar-refractivity contribution in [2.24, 2.45) is 0 Å². The number of hydrogen-bond donors (Lipinski definition) is 1. The minimum absolute atomic E-state index is 0.0617. The Morgan fingerprint density at radius 1 is 1.37 bits per heavy atom. The summed E-state index contributed by atoms with van der Waals surface area (Å²) in [5, 5.41) is 9.03. The number of carbonyl (C=O) groups is 1. The lowest BCUT2D eigenvalue weighted by Gasteiger charge is -2.25. The Labute approximate surface area is 158 Å². The summed E-state index contributed by atoms with van der Waals surface area (Å²) >= 11 is 0. The molecule has 0 saturated carbocycles. The van der Waals surface area contributed by atoms with E-state index in [1.165, 1.54) is 7.11 Å². The molecule has 0 bridgehead atoms. The second kappa shape index (κ2) is 7.59. The van der Waals surface area contributed by atoms with Gasteiger partial charge in [0.1, 0.15) is 11.6 Å². The average molecular weight is 393 g/mol.